The van der Waals surface area contributed by atoms with Gasteiger partial charge in [-0.25, -0.2) is 0 Å². The SMILES string of the molecule is CC1(C)CC(C)(C)c2cc(C#Cc3ccc([Si](C)(C)C)cc3)ccc21. The molecule has 25 heavy (non-hydrogen) atoms. The van der Waals surface area contributed by atoms with Gasteiger partial charge in [-0.05, 0) is 52.6 Å². The molecule has 0 spiro atoms. The van der Waals surface area contributed by atoms with E-state index in [0.29, 0.717) is 0 Å². The zero-order chi connectivity index (χ0) is 18.5. The van der Waals surface area contributed by atoms with Crippen LogP contribution >= 0.6 is 0 Å². The molecule has 0 atom stereocenters. The van der Waals surface area contributed by atoms with Crippen molar-refractivity contribution in [3.8, 4) is 11.8 Å². The average molecular weight is 347 g/mol. The quantitative estimate of drug-likeness (QED) is 0.466. The molecular formula is C24H30Si. The molecule has 0 unspecified atom stereocenters. The van der Waals surface area contributed by atoms with E-state index in [1.54, 1.807) is 0 Å². The Morgan fingerprint density at radius 2 is 1.24 bits per heavy atom. The molecule has 1 heteroatoms. The second-order valence-corrected chi connectivity index (χ2v) is 14.9. The van der Waals surface area contributed by atoms with Crippen LogP contribution in [-0.2, 0) is 10.8 Å². The lowest BCUT2D eigenvalue weighted by atomic mass is 9.82. The largest absolute Gasteiger partial charge is 0.0775 e. The van der Waals surface area contributed by atoms with E-state index < -0.39 is 8.07 Å². The van der Waals surface area contributed by atoms with Crippen molar-refractivity contribution in [1.29, 1.82) is 0 Å². The van der Waals surface area contributed by atoms with Crippen molar-refractivity contribution < 1.29 is 0 Å². The topological polar surface area (TPSA) is 0 Å². The maximum Gasteiger partial charge on any atom is 0.0775 e. The minimum atomic E-state index is -1.23. The van der Waals surface area contributed by atoms with Crippen LogP contribution in [0.2, 0.25) is 19.6 Å². The zero-order valence-corrected chi connectivity index (χ0v) is 17.7. The van der Waals surface area contributed by atoms with E-state index in [9.17, 15) is 0 Å². The fourth-order valence-corrected chi connectivity index (χ4v) is 5.43. The fraction of sp³-hybridized carbons (Fsp3) is 0.417. The summed E-state index contributed by atoms with van der Waals surface area (Å²) in [6.45, 7) is 16.5. The van der Waals surface area contributed by atoms with Crippen molar-refractivity contribution >= 4 is 13.3 Å². The molecule has 0 N–H and O–H groups in total. The molecule has 0 heterocycles. The van der Waals surface area contributed by atoms with Crippen LogP contribution < -0.4 is 5.19 Å². The third-order valence-corrected chi connectivity index (χ3v) is 7.53. The van der Waals surface area contributed by atoms with Gasteiger partial charge in [0.15, 0.2) is 0 Å². The predicted octanol–water partition coefficient (Wildman–Crippen LogP) is 5.59. The van der Waals surface area contributed by atoms with Gasteiger partial charge in [0.25, 0.3) is 0 Å². The van der Waals surface area contributed by atoms with Gasteiger partial charge >= 0.3 is 0 Å². The minimum Gasteiger partial charge on any atom is -0.0656 e. The maximum atomic E-state index is 3.38. The molecule has 0 nitrogen and oxygen atoms in total. The predicted molar refractivity (Wildman–Crippen MR) is 113 cm³/mol. The Morgan fingerprint density at radius 1 is 0.720 bits per heavy atom. The van der Waals surface area contributed by atoms with Crippen LogP contribution in [0.25, 0.3) is 0 Å². The van der Waals surface area contributed by atoms with Crippen LogP contribution in [0, 0.1) is 11.8 Å². The molecule has 0 saturated carbocycles. The molecule has 0 radical (unpaired) electrons. The van der Waals surface area contributed by atoms with Crippen LogP contribution in [0.5, 0.6) is 0 Å². The molecule has 0 aromatic heterocycles. The van der Waals surface area contributed by atoms with Crippen molar-refractivity contribution in [3.63, 3.8) is 0 Å². The fourth-order valence-electron chi connectivity index (χ4n) is 4.27. The Morgan fingerprint density at radius 3 is 1.84 bits per heavy atom. The number of benzene rings is 2. The molecule has 1 aliphatic carbocycles. The van der Waals surface area contributed by atoms with E-state index in [4.69, 9.17) is 0 Å². The first-order valence-electron chi connectivity index (χ1n) is 9.27. The molecule has 0 fully saturated rings. The van der Waals surface area contributed by atoms with Gasteiger partial charge in [-0.1, -0.05) is 82.6 Å². The van der Waals surface area contributed by atoms with Gasteiger partial charge in [-0.2, -0.15) is 0 Å². The summed E-state index contributed by atoms with van der Waals surface area (Å²) in [7, 11) is -1.23. The molecule has 0 amide bonds. The lowest BCUT2D eigenvalue weighted by molar-refractivity contribution is 0.403. The van der Waals surface area contributed by atoms with Crippen molar-refractivity contribution in [2.45, 2.75) is 64.6 Å². The minimum absolute atomic E-state index is 0.232. The standard InChI is InChI=1S/C24H30Si/c1-23(2)17-24(3,4)22-16-19(12-15-21(22)23)9-8-18-10-13-20(14-11-18)25(5,6)7/h10-16H,17H2,1-7H3. The maximum absolute atomic E-state index is 3.38. The van der Waals surface area contributed by atoms with Gasteiger partial charge in [-0.15, -0.1) is 0 Å². The summed E-state index contributed by atoms with van der Waals surface area (Å²) in [6.07, 6.45) is 1.20. The molecule has 130 valence electrons. The summed E-state index contributed by atoms with van der Waals surface area (Å²) in [4.78, 5) is 0. The lowest BCUT2D eigenvalue weighted by Crippen LogP contribution is -2.37. The Labute approximate surface area is 154 Å². The Balaban J connectivity index is 1.90. The van der Waals surface area contributed by atoms with Gasteiger partial charge in [0, 0.05) is 11.1 Å². The molecule has 2 aromatic rings. The van der Waals surface area contributed by atoms with Crippen molar-refractivity contribution in [3.05, 3.63) is 64.7 Å². The Bertz CT molecular complexity index is 850. The third kappa shape index (κ3) is 3.60. The molecule has 1 aliphatic rings. The molecular weight excluding hydrogens is 316 g/mol. The van der Waals surface area contributed by atoms with E-state index in [-0.39, 0.29) is 10.8 Å². The highest BCUT2D eigenvalue weighted by molar-refractivity contribution is 6.88. The number of fused-ring (bicyclic) bond motifs is 1. The van der Waals surface area contributed by atoms with Gasteiger partial charge in [-0.3, -0.25) is 0 Å². The number of rotatable bonds is 1. The highest BCUT2D eigenvalue weighted by Crippen LogP contribution is 2.49. The molecule has 0 saturated heterocycles. The van der Waals surface area contributed by atoms with Gasteiger partial charge in [0.1, 0.15) is 0 Å². The van der Waals surface area contributed by atoms with E-state index >= 15 is 0 Å². The van der Waals surface area contributed by atoms with E-state index in [1.807, 2.05) is 0 Å². The summed E-state index contributed by atoms with van der Waals surface area (Å²) in [5.74, 6) is 6.72. The second-order valence-electron chi connectivity index (χ2n) is 9.78. The second kappa shape index (κ2) is 5.89. The van der Waals surface area contributed by atoms with E-state index in [0.717, 1.165) is 11.1 Å². The first-order chi connectivity index (χ1) is 11.5. The Hall–Kier alpha value is -1.78. The number of hydrogen-bond donors (Lipinski definition) is 0. The van der Waals surface area contributed by atoms with Crippen LogP contribution in [-0.4, -0.2) is 8.07 Å². The first-order valence-corrected chi connectivity index (χ1v) is 12.8. The Kier molecular flexibility index (Phi) is 4.24. The monoisotopic (exact) mass is 346 g/mol. The zero-order valence-electron chi connectivity index (χ0n) is 16.7. The summed E-state index contributed by atoms with van der Waals surface area (Å²) in [6, 6.07) is 15.6. The van der Waals surface area contributed by atoms with Gasteiger partial charge in [0.05, 0.1) is 8.07 Å². The highest BCUT2D eigenvalue weighted by Gasteiger charge is 2.41. The molecule has 2 aromatic carbocycles. The molecule has 0 bridgehead atoms. The van der Waals surface area contributed by atoms with Crippen LogP contribution in [0.15, 0.2) is 42.5 Å². The van der Waals surface area contributed by atoms with Crippen molar-refractivity contribution in [2.24, 2.45) is 0 Å². The lowest BCUT2D eigenvalue weighted by Gasteiger charge is -2.22. The van der Waals surface area contributed by atoms with Gasteiger partial charge < -0.3 is 0 Å². The van der Waals surface area contributed by atoms with Crippen LogP contribution in [0.1, 0.15) is 56.4 Å². The van der Waals surface area contributed by atoms with Crippen molar-refractivity contribution in [1.82, 2.24) is 0 Å². The molecule has 3 rings (SSSR count). The van der Waals surface area contributed by atoms with E-state index in [1.165, 1.54) is 22.7 Å². The number of hydrogen-bond acceptors (Lipinski definition) is 0. The van der Waals surface area contributed by atoms with Gasteiger partial charge in [0.2, 0.25) is 0 Å². The first kappa shape index (κ1) is 18.0. The van der Waals surface area contributed by atoms with Crippen LogP contribution in [0.3, 0.4) is 0 Å². The third-order valence-electron chi connectivity index (χ3n) is 5.46. The summed E-state index contributed by atoms with van der Waals surface area (Å²) in [5, 5.41) is 1.49. The molecule has 0 aliphatic heterocycles. The smallest absolute Gasteiger partial charge is 0.0656 e. The van der Waals surface area contributed by atoms with E-state index in [2.05, 4.69) is 102 Å². The van der Waals surface area contributed by atoms with Crippen molar-refractivity contribution in [2.75, 3.05) is 0 Å². The summed E-state index contributed by atoms with van der Waals surface area (Å²) >= 11 is 0. The van der Waals surface area contributed by atoms with Crippen LogP contribution in [0.4, 0.5) is 0 Å². The average Bonchev–Trinajstić information content (AvgIpc) is 2.69. The normalized spacial score (nSPS) is 17.6. The summed E-state index contributed by atoms with van der Waals surface area (Å²) < 4.78 is 0. The summed E-state index contributed by atoms with van der Waals surface area (Å²) in [5.41, 5.74) is 5.68. The highest BCUT2D eigenvalue weighted by atomic mass is 28.3.